The average molecular weight is 414 g/mol. The Morgan fingerprint density at radius 3 is 2.55 bits per heavy atom. The normalized spacial score (nSPS) is 14.9. The Morgan fingerprint density at radius 1 is 0.968 bits per heavy atom. The van der Waals surface area contributed by atoms with Gasteiger partial charge in [0.05, 0.1) is 0 Å². The molecule has 0 saturated heterocycles. The van der Waals surface area contributed by atoms with Crippen LogP contribution in [0.3, 0.4) is 0 Å². The number of hydrogen-bond acceptors (Lipinski definition) is 3. The summed E-state index contributed by atoms with van der Waals surface area (Å²) >= 11 is 0. The van der Waals surface area contributed by atoms with Crippen molar-refractivity contribution < 1.29 is 9.59 Å². The van der Waals surface area contributed by atoms with Gasteiger partial charge >= 0.3 is 0 Å². The second-order valence-corrected chi connectivity index (χ2v) is 7.70. The molecule has 4 rings (SSSR count). The summed E-state index contributed by atoms with van der Waals surface area (Å²) in [6.07, 6.45) is 1.43. The molecule has 158 valence electrons. The molecule has 1 heterocycles. The van der Waals surface area contributed by atoms with Gasteiger partial charge in [0, 0.05) is 35.5 Å². The van der Waals surface area contributed by atoms with Crippen LogP contribution < -0.4 is 10.6 Å². The number of carbonyl (C=O) groups is 2. The number of nitrogens with zero attached hydrogens (tertiary/aromatic N) is 1. The van der Waals surface area contributed by atoms with Gasteiger partial charge in [-0.2, -0.15) is 0 Å². The van der Waals surface area contributed by atoms with Crippen LogP contribution in [-0.4, -0.2) is 29.8 Å². The lowest BCUT2D eigenvalue weighted by Crippen LogP contribution is -2.33. The van der Waals surface area contributed by atoms with Gasteiger partial charge in [-0.05, 0) is 42.7 Å². The first-order chi connectivity index (χ1) is 15.2. The predicted molar refractivity (Wildman–Crippen MR) is 123 cm³/mol. The van der Waals surface area contributed by atoms with Crippen molar-refractivity contribution in [3.63, 3.8) is 0 Å². The monoisotopic (exact) mass is 413 g/mol. The number of amides is 2. The van der Waals surface area contributed by atoms with Crippen molar-refractivity contribution >= 4 is 17.5 Å². The van der Waals surface area contributed by atoms with Crippen molar-refractivity contribution in [2.24, 2.45) is 0 Å². The Bertz CT molecular complexity index is 1070. The van der Waals surface area contributed by atoms with Crippen LogP contribution in [0.25, 0.3) is 0 Å². The third-order valence-corrected chi connectivity index (χ3v) is 5.49. The van der Waals surface area contributed by atoms with Gasteiger partial charge < -0.3 is 15.5 Å². The van der Waals surface area contributed by atoms with Crippen LogP contribution in [0.4, 0.5) is 5.69 Å². The zero-order valence-electron chi connectivity index (χ0n) is 17.7. The van der Waals surface area contributed by atoms with Crippen LogP contribution in [-0.2, 0) is 6.42 Å². The van der Waals surface area contributed by atoms with Crippen LogP contribution in [0.2, 0.25) is 0 Å². The van der Waals surface area contributed by atoms with E-state index >= 15 is 0 Å². The molecule has 2 amide bonds. The molecule has 0 aliphatic carbocycles. The quantitative estimate of drug-likeness (QED) is 0.566. The Labute approximate surface area is 183 Å². The maximum atomic E-state index is 12.8. The molecule has 5 heteroatoms. The van der Waals surface area contributed by atoms with Gasteiger partial charge in [-0.3, -0.25) is 9.59 Å². The van der Waals surface area contributed by atoms with Gasteiger partial charge in [0.15, 0.2) is 0 Å². The molecule has 1 aliphatic heterocycles. The standard InChI is InChI=1S/C26H27N3O2/c1-2-17-29-24(22-13-6-7-14-23(22)26(29)31)28-21-12-8-11-20(18-21)25(30)27-16-15-19-9-4-3-5-10-19/h3-14,18,24,28H,2,15-17H2,1H3,(H,27,30). The number of rotatable bonds is 8. The number of benzene rings is 3. The van der Waals surface area contributed by atoms with E-state index in [0.717, 1.165) is 29.7 Å². The molecule has 3 aromatic rings. The zero-order valence-corrected chi connectivity index (χ0v) is 17.7. The summed E-state index contributed by atoms with van der Waals surface area (Å²) in [5, 5.41) is 6.45. The minimum Gasteiger partial charge on any atom is -0.361 e. The fraction of sp³-hybridized carbons (Fsp3) is 0.231. The third kappa shape index (κ3) is 4.61. The molecule has 0 saturated carbocycles. The number of nitrogens with one attached hydrogen (secondary N) is 2. The van der Waals surface area contributed by atoms with Crippen LogP contribution in [0, 0.1) is 0 Å². The summed E-state index contributed by atoms with van der Waals surface area (Å²) < 4.78 is 0. The fourth-order valence-electron chi connectivity index (χ4n) is 3.97. The van der Waals surface area contributed by atoms with E-state index in [0.29, 0.717) is 18.7 Å². The van der Waals surface area contributed by atoms with Crippen molar-refractivity contribution in [1.29, 1.82) is 0 Å². The summed E-state index contributed by atoms with van der Waals surface area (Å²) in [5.74, 6) is -0.0577. The highest BCUT2D eigenvalue weighted by molar-refractivity contribution is 5.99. The van der Waals surface area contributed by atoms with Crippen LogP contribution in [0.5, 0.6) is 0 Å². The summed E-state index contributed by atoms with van der Waals surface area (Å²) in [5.41, 5.74) is 4.31. The first kappa shape index (κ1) is 20.7. The Balaban J connectivity index is 1.45. The highest BCUT2D eigenvalue weighted by atomic mass is 16.2. The van der Waals surface area contributed by atoms with Gasteiger partial charge in [0.1, 0.15) is 6.17 Å². The molecule has 0 radical (unpaired) electrons. The minimum atomic E-state index is -0.236. The van der Waals surface area contributed by atoms with Gasteiger partial charge in [-0.15, -0.1) is 0 Å². The first-order valence-corrected chi connectivity index (χ1v) is 10.8. The van der Waals surface area contributed by atoms with E-state index in [2.05, 4.69) is 29.7 Å². The molecule has 1 aliphatic rings. The second-order valence-electron chi connectivity index (χ2n) is 7.70. The number of fused-ring (bicyclic) bond motifs is 1. The number of hydrogen-bond donors (Lipinski definition) is 2. The Kier molecular flexibility index (Phi) is 6.32. The predicted octanol–water partition coefficient (Wildman–Crippen LogP) is 4.64. The SMILES string of the molecule is CCCN1C(=O)c2ccccc2C1Nc1cccc(C(=O)NCCc2ccccc2)c1. The molecule has 0 aromatic heterocycles. The molecule has 2 N–H and O–H groups in total. The lowest BCUT2D eigenvalue weighted by Gasteiger charge is -2.27. The van der Waals surface area contributed by atoms with Crippen molar-refractivity contribution in [1.82, 2.24) is 10.2 Å². The van der Waals surface area contributed by atoms with E-state index in [1.165, 1.54) is 5.56 Å². The van der Waals surface area contributed by atoms with Gasteiger partial charge in [0.2, 0.25) is 0 Å². The van der Waals surface area contributed by atoms with E-state index in [9.17, 15) is 9.59 Å². The highest BCUT2D eigenvalue weighted by Crippen LogP contribution is 2.34. The molecule has 0 bridgehead atoms. The molecule has 0 spiro atoms. The molecule has 5 nitrogen and oxygen atoms in total. The van der Waals surface area contributed by atoms with Gasteiger partial charge in [0.25, 0.3) is 11.8 Å². The summed E-state index contributed by atoms with van der Waals surface area (Å²) in [6.45, 7) is 3.31. The van der Waals surface area contributed by atoms with Crippen molar-refractivity contribution in [2.45, 2.75) is 25.9 Å². The zero-order chi connectivity index (χ0) is 21.6. The van der Waals surface area contributed by atoms with Crippen molar-refractivity contribution in [2.75, 3.05) is 18.4 Å². The van der Waals surface area contributed by atoms with Crippen LogP contribution in [0.1, 0.15) is 51.4 Å². The van der Waals surface area contributed by atoms with Crippen molar-refractivity contribution in [3.05, 3.63) is 101 Å². The molecular formula is C26H27N3O2. The molecule has 31 heavy (non-hydrogen) atoms. The van der Waals surface area contributed by atoms with Gasteiger partial charge in [-0.25, -0.2) is 0 Å². The Hall–Kier alpha value is -3.60. The summed E-state index contributed by atoms with van der Waals surface area (Å²) in [6, 6.07) is 25.2. The topological polar surface area (TPSA) is 61.4 Å². The summed E-state index contributed by atoms with van der Waals surface area (Å²) in [7, 11) is 0. The molecule has 3 aromatic carbocycles. The average Bonchev–Trinajstić information content (AvgIpc) is 3.06. The number of anilines is 1. The lowest BCUT2D eigenvalue weighted by molar-refractivity contribution is 0.0742. The first-order valence-electron chi connectivity index (χ1n) is 10.8. The van der Waals surface area contributed by atoms with E-state index in [1.54, 1.807) is 6.07 Å². The third-order valence-electron chi connectivity index (χ3n) is 5.49. The maximum absolute atomic E-state index is 12.8. The molecular weight excluding hydrogens is 386 g/mol. The molecule has 1 atom stereocenters. The highest BCUT2D eigenvalue weighted by Gasteiger charge is 2.35. The molecule has 0 fully saturated rings. The number of carbonyl (C=O) groups excluding carboxylic acids is 2. The van der Waals surface area contributed by atoms with E-state index in [1.807, 2.05) is 65.6 Å². The smallest absolute Gasteiger partial charge is 0.256 e. The Morgan fingerprint density at radius 2 is 1.74 bits per heavy atom. The minimum absolute atomic E-state index is 0.0461. The maximum Gasteiger partial charge on any atom is 0.256 e. The van der Waals surface area contributed by atoms with E-state index < -0.39 is 0 Å². The van der Waals surface area contributed by atoms with Crippen LogP contribution >= 0.6 is 0 Å². The fourth-order valence-corrected chi connectivity index (χ4v) is 3.97. The van der Waals surface area contributed by atoms with Crippen molar-refractivity contribution in [3.8, 4) is 0 Å². The second kappa shape index (κ2) is 9.47. The van der Waals surface area contributed by atoms with E-state index in [4.69, 9.17) is 0 Å². The van der Waals surface area contributed by atoms with E-state index in [-0.39, 0.29) is 18.0 Å². The molecule has 1 unspecified atom stereocenters. The lowest BCUT2D eigenvalue weighted by atomic mass is 10.1. The van der Waals surface area contributed by atoms with Crippen LogP contribution in [0.15, 0.2) is 78.9 Å². The largest absolute Gasteiger partial charge is 0.361 e. The van der Waals surface area contributed by atoms with Gasteiger partial charge in [-0.1, -0.05) is 61.5 Å². The summed E-state index contributed by atoms with van der Waals surface area (Å²) in [4.78, 5) is 27.3.